The summed E-state index contributed by atoms with van der Waals surface area (Å²) in [6.45, 7) is 3.26. The Kier molecular flexibility index (Phi) is 6.08. The minimum atomic E-state index is -0.257. The summed E-state index contributed by atoms with van der Waals surface area (Å²) < 4.78 is 0. The van der Waals surface area contributed by atoms with Crippen LogP contribution in [0.15, 0.2) is 54.6 Å². The van der Waals surface area contributed by atoms with Crippen molar-refractivity contribution in [3.63, 3.8) is 0 Å². The molecule has 1 fully saturated rings. The van der Waals surface area contributed by atoms with E-state index < -0.39 is 0 Å². The van der Waals surface area contributed by atoms with Crippen LogP contribution >= 0.6 is 0 Å². The highest BCUT2D eigenvalue weighted by Gasteiger charge is 2.30. The molecule has 0 radical (unpaired) electrons. The number of para-hydroxylation sites is 3. The number of hydrogen-bond acceptors (Lipinski definition) is 4. The number of aromatic hydroxyl groups is 1. The molecule has 1 atom stereocenters. The summed E-state index contributed by atoms with van der Waals surface area (Å²) >= 11 is 0. The number of amides is 2. The van der Waals surface area contributed by atoms with Crippen molar-refractivity contribution in [3.8, 4) is 5.75 Å². The van der Waals surface area contributed by atoms with Crippen LogP contribution in [-0.2, 0) is 9.59 Å². The van der Waals surface area contributed by atoms with E-state index in [9.17, 15) is 14.7 Å². The molecule has 142 valence electrons. The van der Waals surface area contributed by atoms with Crippen molar-refractivity contribution in [3.05, 3.63) is 54.6 Å². The lowest BCUT2D eigenvalue weighted by Gasteiger charge is -2.34. The van der Waals surface area contributed by atoms with Gasteiger partial charge in [0.25, 0.3) is 0 Å². The van der Waals surface area contributed by atoms with Crippen LogP contribution in [0.4, 0.5) is 11.4 Å². The number of anilines is 2. The molecule has 0 unspecified atom stereocenters. The average Bonchev–Trinajstić information content (AvgIpc) is 2.70. The Morgan fingerprint density at radius 3 is 2.30 bits per heavy atom. The van der Waals surface area contributed by atoms with Crippen molar-refractivity contribution in [1.82, 2.24) is 4.90 Å². The highest BCUT2D eigenvalue weighted by molar-refractivity contribution is 5.95. The minimum Gasteiger partial charge on any atom is -0.506 e. The van der Waals surface area contributed by atoms with Gasteiger partial charge in [-0.1, -0.05) is 30.3 Å². The van der Waals surface area contributed by atoms with Gasteiger partial charge in [0, 0.05) is 11.6 Å². The Morgan fingerprint density at radius 2 is 1.63 bits per heavy atom. The van der Waals surface area contributed by atoms with Crippen LogP contribution in [0.1, 0.15) is 19.8 Å². The first-order valence-electron chi connectivity index (χ1n) is 9.23. The van der Waals surface area contributed by atoms with Gasteiger partial charge >= 0.3 is 0 Å². The van der Waals surface area contributed by atoms with Crippen LogP contribution in [0.3, 0.4) is 0 Å². The number of nitrogens with zero attached hydrogens (tertiary/aromatic N) is 1. The highest BCUT2D eigenvalue weighted by Crippen LogP contribution is 2.25. The maximum Gasteiger partial charge on any atom is 0.241 e. The second kappa shape index (κ2) is 8.68. The summed E-state index contributed by atoms with van der Waals surface area (Å²) in [6.07, 6.45) is 1.37. The molecule has 27 heavy (non-hydrogen) atoms. The summed E-state index contributed by atoms with van der Waals surface area (Å²) in [6, 6.07) is 15.8. The van der Waals surface area contributed by atoms with Gasteiger partial charge in [0.1, 0.15) is 5.75 Å². The van der Waals surface area contributed by atoms with Gasteiger partial charge in [0.05, 0.1) is 11.7 Å². The Bertz CT molecular complexity index is 786. The molecule has 2 amide bonds. The molecule has 0 bridgehead atoms. The molecule has 2 aromatic rings. The molecular formula is C21H25N3O3. The van der Waals surface area contributed by atoms with Gasteiger partial charge in [-0.25, -0.2) is 0 Å². The van der Waals surface area contributed by atoms with Gasteiger partial charge in [-0.3, -0.25) is 14.5 Å². The Hall–Kier alpha value is -2.86. The number of phenolic OH excluding ortho intramolecular Hbond substituents is 1. The number of rotatable bonds is 5. The average molecular weight is 367 g/mol. The third-order valence-electron chi connectivity index (χ3n) is 5.03. The lowest BCUT2D eigenvalue weighted by atomic mass is 9.94. The number of piperidine rings is 1. The van der Waals surface area contributed by atoms with Crippen LogP contribution < -0.4 is 10.6 Å². The van der Waals surface area contributed by atoms with E-state index in [0.29, 0.717) is 31.6 Å². The van der Waals surface area contributed by atoms with E-state index >= 15 is 0 Å². The summed E-state index contributed by atoms with van der Waals surface area (Å²) in [4.78, 5) is 27.0. The van der Waals surface area contributed by atoms with Crippen molar-refractivity contribution in [2.75, 3.05) is 23.7 Å². The molecule has 3 N–H and O–H groups in total. The number of carbonyl (C=O) groups excluding carboxylic acids is 2. The summed E-state index contributed by atoms with van der Waals surface area (Å²) in [5.74, 6) is -0.185. The lowest BCUT2D eigenvalue weighted by Crippen LogP contribution is -2.47. The van der Waals surface area contributed by atoms with E-state index in [-0.39, 0.29) is 29.5 Å². The van der Waals surface area contributed by atoms with E-state index in [4.69, 9.17) is 0 Å². The van der Waals surface area contributed by atoms with Gasteiger partial charge in [-0.05, 0) is 57.1 Å². The quantitative estimate of drug-likeness (QED) is 0.710. The molecule has 1 heterocycles. The molecule has 0 spiro atoms. The number of hydrogen-bond donors (Lipinski definition) is 3. The topological polar surface area (TPSA) is 81.7 Å². The minimum absolute atomic E-state index is 0.0432. The van der Waals surface area contributed by atoms with Gasteiger partial charge in [0.15, 0.2) is 0 Å². The maximum absolute atomic E-state index is 12.5. The van der Waals surface area contributed by atoms with Crippen LogP contribution in [0.2, 0.25) is 0 Å². The Labute approximate surface area is 159 Å². The molecule has 0 saturated carbocycles. The molecule has 6 heteroatoms. The van der Waals surface area contributed by atoms with Crippen molar-refractivity contribution in [2.24, 2.45) is 5.92 Å². The smallest absolute Gasteiger partial charge is 0.241 e. The van der Waals surface area contributed by atoms with Crippen LogP contribution in [0.5, 0.6) is 5.75 Å². The Morgan fingerprint density at radius 1 is 1.00 bits per heavy atom. The number of phenols is 1. The summed E-state index contributed by atoms with van der Waals surface area (Å²) in [7, 11) is 0. The Balaban J connectivity index is 1.50. The van der Waals surface area contributed by atoms with Gasteiger partial charge in [0.2, 0.25) is 11.8 Å². The predicted octanol–water partition coefficient (Wildman–Crippen LogP) is 3.07. The lowest BCUT2D eigenvalue weighted by molar-refractivity contribution is -0.123. The number of carbonyl (C=O) groups is 2. The van der Waals surface area contributed by atoms with E-state index in [0.717, 1.165) is 5.69 Å². The maximum atomic E-state index is 12.5. The standard InChI is InChI=1S/C21H25N3O3/c1-15(20(26)22-17-7-3-2-4-8-17)24-13-11-16(12-14-24)21(27)23-18-9-5-6-10-19(18)25/h2-10,15-16,25H,11-14H2,1H3,(H,22,26)(H,23,27)/t15-/m1/s1. The fourth-order valence-electron chi connectivity index (χ4n) is 3.30. The number of likely N-dealkylation sites (tertiary alicyclic amines) is 1. The normalized spacial score (nSPS) is 16.5. The first kappa shape index (κ1) is 18.9. The molecule has 1 aliphatic heterocycles. The number of nitrogens with one attached hydrogen (secondary N) is 2. The SMILES string of the molecule is C[C@H](C(=O)Nc1ccccc1)N1CCC(C(=O)Nc2ccccc2O)CC1. The van der Waals surface area contributed by atoms with E-state index in [2.05, 4.69) is 15.5 Å². The molecule has 3 rings (SSSR count). The molecule has 6 nitrogen and oxygen atoms in total. The number of benzene rings is 2. The zero-order valence-corrected chi connectivity index (χ0v) is 15.4. The van der Waals surface area contributed by atoms with Crippen LogP contribution in [-0.4, -0.2) is 41.0 Å². The van der Waals surface area contributed by atoms with Crippen molar-refractivity contribution in [2.45, 2.75) is 25.8 Å². The zero-order chi connectivity index (χ0) is 19.2. The first-order valence-corrected chi connectivity index (χ1v) is 9.23. The first-order chi connectivity index (χ1) is 13.0. The van der Waals surface area contributed by atoms with Crippen molar-refractivity contribution in [1.29, 1.82) is 0 Å². The third-order valence-corrected chi connectivity index (χ3v) is 5.03. The monoisotopic (exact) mass is 367 g/mol. The molecule has 1 saturated heterocycles. The summed E-state index contributed by atoms with van der Waals surface area (Å²) in [5, 5.41) is 15.5. The molecule has 2 aromatic carbocycles. The molecule has 0 aromatic heterocycles. The molecule has 1 aliphatic rings. The second-order valence-electron chi connectivity index (χ2n) is 6.85. The van der Waals surface area contributed by atoms with Crippen molar-refractivity contribution < 1.29 is 14.7 Å². The second-order valence-corrected chi connectivity index (χ2v) is 6.85. The van der Waals surface area contributed by atoms with Crippen molar-refractivity contribution >= 4 is 23.2 Å². The fourth-order valence-corrected chi connectivity index (χ4v) is 3.30. The fraction of sp³-hybridized carbons (Fsp3) is 0.333. The van der Waals surface area contributed by atoms with E-state index in [1.165, 1.54) is 0 Å². The largest absolute Gasteiger partial charge is 0.506 e. The van der Waals surface area contributed by atoms with E-state index in [1.54, 1.807) is 24.3 Å². The predicted molar refractivity (Wildman–Crippen MR) is 106 cm³/mol. The molecule has 0 aliphatic carbocycles. The third kappa shape index (κ3) is 4.86. The van der Waals surface area contributed by atoms with Gasteiger partial charge in [-0.2, -0.15) is 0 Å². The van der Waals surface area contributed by atoms with Gasteiger partial charge in [-0.15, -0.1) is 0 Å². The zero-order valence-electron chi connectivity index (χ0n) is 15.4. The van der Waals surface area contributed by atoms with Crippen LogP contribution in [0.25, 0.3) is 0 Å². The molecular weight excluding hydrogens is 342 g/mol. The van der Waals surface area contributed by atoms with Gasteiger partial charge < -0.3 is 15.7 Å². The van der Waals surface area contributed by atoms with Crippen LogP contribution in [0, 0.1) is 5.92 Å². The highest BCUT2D eigenvalue weighted by atomic mass is 16.3. The van der Waals surface area contributed by atoms with E-state index in [1.807, 2.05) is 37.3 Å². The summed E-state index contributed by atoms with van der Waals surface area (Å²) in [5.41, 5.74) is 1.21.